The Morgan fingerprint density at radius 3 is 2.66 bits per heavy atom. The predicted octanol–water partition coefficient (Wildman–Crippen LogP) is 2.27. The second-order valence-corrected chi connectivity index (χ2v) is 6.35. The van der Waals surface area contributed by atoms with Crippen molar-refractivity contribution in [3.05, 3.63) is 64.5 Å². The second-order valence-electron chi connectivity index (χ2n) is 6.35. The number of amides is 2. The molecule has 1 fully saturated rings. The molecule has 10 heteroatoms. The molecule has 29 heavy (non-hydrogen) atoms. The number of halogens is 1. The van der Waals surface area contributed by atoms with E-state index in [0.717, 1.165) is 0 Å². The van der Waals surface area contributed by atoms with Crippen LogP contribution in [0.3, 0.4) is 0 Å². The van der Waals surface area contributed by atoms with E-state index >= 15 is 0 Å². The van der Waals surface area contributed by atoms with E-state index in [2.05, 4.69) is 5.32 Å². The van der Waals surface area contributed by atoms with Gasteiger partial charge in [0.05, 0.1) is 10.8 Å². The maximum absolute atomic E-state index is 13.0. The summed E-state index contributed by atoms with van der Waals surface area (Å²) in [4.78, 5) is 47.8. The highest BCUT2D eigenvalue weighted by atomic mass is 19.1. The van der Waals surface area contributed by atoms with Crippen LogP contribution in [0.5, 0.6) is 0 Å². The van der Waals surface area contributed by atoms with E-state index in [1.54, 1.807) is 0 Å². The van der Waals surface area contributed by atoms with Crippen LogP contribution in [0.1, 0.15) is 6.42 Å². The number of nitrogens with one attached hydrogen (secondary N) is 1. The molecule has 1 heterocycles. The third-order valence-corrected chi connectivity index (χ3v) is 4.28. The number of hydrogen-bond acceptors (Lipinski definition) is 6. The molecule has 3 rings (SSSR count). The van der Waals surface area contributed by atoms with Crippen LogP contribution in [-0.2, 0) is 19.1 Å². The number of nitrogens with zero attached hydrogens (tertiary/aromatic N) is 2. The Hall–Kier alpha value is -3.82. The number of carbonyl (C=O) groups excluding carboxylic acids is 3. The van der Waals surface area contributed by atoms with Gasteiger partial charge in [-0.1, -0.05) is 6.07 Å². The van der Waals surface area contributed by atoms with Crippen molar-refractivity contribution < 1.29 is 28.4 Å². The normalized spacial score (nSPS) is 15.8. The molecule has 1 atom stereocenters. The zero-order valence-corrected chi connectivity index (χ0v) is 15.0. The van der Waals surface area contributed by atoms with Gasteiger partial charge < -0.3 is 15.0 Å². The molecule has 9 nitrogen and oxygen atoms in total. The average Bonchev–Trinajstić information content (AvgIpc) is 3.08. The molecule has 0 radical (unpaired) electrons. The molecule has 0 spiro atoms. The summed E-state index contributed by atoms with van der Waals surface area (Å²) in [6.07, 6.45) is -0.0806. The minimum absolute atomic E-state index is 0.0653. The van der Waals surface area contributed by atoms with E-state index in [1.165, 1.54) is 53.4 Å². The Morgan fingerprint density at radius 1 is 1.24 bits per heavy atom. The Kier molecular flexibility index (Phi) is 5.82. The lowest BCUT2D eigenvalue weighted by atomic mass is 10.1. The summed E-state index contributed by atoms with van der Waals surface area (Å²) in [5, 5.41) is 13.1. The molecule has 0 aromatic heterocycles. The lowest BCUT2D eigenvalue weighted by molar-refractivity contribution is -0.384. The highest BCUT2D eigenvalue weighted by Gasteiger charge is 2.36. The molecule has 2 aromatic rings. The van der Waals surface area contributed by atoms with Gasteiger partial charge in [0, 0.05) is 36.5 Å². The maximum atomic E-state index is 13.0. The van der Waals surface area contributed by atoms with Crippen molar-refractivity contribution in [3.63, 3.8) is 0 Å². The number of nitro benzene ring substituents is 1. The number of hydrogen-bond donors (Lipinski definition) is 1. The first-order valence-electron chi connectivity index (χ1n) is 8.60. The third kappa shape index (κ3) is 4.92. The molecule has 0 unspecified atom stereocenters. The zero-order chi connectivity index (χ0) is 21.0. The van der Waals surface area contributed by atoms with Crippen molar-refractivity contribution in [3.8, 4) is 0 Å². The number of carbonyl (C=O) groups is 3. The molecule has 1 N–H and O–H groups in total. The number of rotatable bonds is 6. The maximum Gasteiger partial charge on any atom is 0.311 e. The molecule has 0 saturated carbocycles. The van der Waals surface area contributed by atoms with Gasteiger partial charge in [-0.15, -0.1) is 0 Å². The van der Waals surface area contributed by atoms with Crippen molar-refractivity contribution in [2.75, 3.05) is 23.4 Å². The van der Waals surface area contributed by atoms with E-state index in [-0.39, 0.29) is 30.2 Å². The van der Waals surface area contributed by atoms with Crippen LogP contribution in [0.4, 0.5) is 21.5 Å². The first-order chi connectivity index (χ1) is 13.8. The molecule has 1 aliphatic rings. The number of nitro groups is 1. The monoisotopic (exact) mass is 401 g/mol. The fourth-order valence-corrected chi connectivity index (χ4v) is 2.88. The van der Waals surface area contributed by atoms with Gasteiger partial charge in [-0.05, 0) is 30.3 Å². The summed E-state index contributed by atoms with van der Waals surface area (Å²) in [6, 6.07) is 10.6. The highest BCUT2D eigenvalue weighted by molar-refractivity contribution is 6.00. The number of esters is 1. The Labute approximate surface area is 164 Å². The molecule has 0 bridgehead atoms. The van der Waals surface area contributed by atoms with Crippen LogP contribution < -0.4 is 10.2 Å². The van der Waals surface area contributed by atoms with E-state index in [9.17, 15) is 28.9 Å². The van der Waals surface area contributed by atoms with Crippen LogP contribution in [-0.4, -0.2) is 35.9 Å². The summed E-state index contributed by atoms with van der Waals surface area (Å²) in [5.74, 6) is -2.88. The largest absolute Gasteiger partial charge is 0.455 e. The number of benzene rings is 2. The van der Waals surface area contributed by atoms with Gasteiger partial charge in [0.15, 0.2) is 6.61 Å². The van der Waals surface area contributed by atoms with Crippen molar-refractivity contribution in [2.45, 2.75) is 6.42 Å². The lowest BCUT2D eigenvalue weighted by Gasteiger charge is -2.16. The van der Waals surface area contributed by atoms with Gasteiger partial charge in [-0.25, -0.2) is 4.39 Å². The van der Waals surface area contributed by atoms with Gasteiger partial charge in [-0.3, -0.25) is 24.5 Å². The Balaban J connectivity index is 1.52. The minimum atomic E-state index is -0.752. The topological polar surface area (TPSA) is 119 Å². The standard InChI is InChI=1S/C19H16FN3O6/c20-13-4-6-15(7-5-13)22-10-12(8-18(22)25)19(26)29-11-17(24)21-14-2-1-3-16(9-14)23(27)28/h1-7,9,12H,8,10-11H2,(H,21,24)/t12-/m1/s1. The smallest absolute Gasteiger partial charge is 0.311 e. The molecule has 2 amide bonds. The van der Waals surface area contributed by atoms with E-state index in [0.29, 0.717) is 5.69 Å². The molecule has 150 valence electrons. The highest BCUT2D eigenvalue weighted by Crippen LogP contribution is 2.26. The SMILES string of the molecule is O=C(COC(=O)[C@@H]1CC(=O)N(c2ccc(F)cc2)C1)Nc1cccc([N+](=O)[O-])c1. The van der Waals surface area contributed by atoms with Crippen LogP contribution in [0.2, 0.25) is 0 Å². The summed E-state index contributed by atoms with van der Waals surface area (Å²) in [5.41, 5.74) is 0.471. The quantitative estimate of drug-likeness (QED) is 0.451. The van der Waals surface area contributed by atoms with Crippen molar-refractivity contribution >= 4 is 34.8 Å². The minimum Gasteiger partial charge on any atom is -0.455 e. The molecule has 1 saturated heterocycles. The van der Waals surface area contributed by atoms with Crippen molar-refractivity contribution in [1.82, 2.24) is 0 Å². The lowest BCUT2D eigenvalue weighted by Crippen LogP contribution is -2.28. The Bertz CT molecular complexity index is 963. The van der Waals surface area contributed by atoms with E-state index in [4.69, 9.17) is 4.74 Å². The van der Waals surface area contributed by atoms with Crippen molar-refractivity contribution in [2.24, 2.45) is 5.92 Å². The van der Waals surface area contributed by atoms with Gasteiger partial charge in [-0.2, -0.15) is 0 Å². The summed E-state index contributed by atoms with van der Waals surface area (Å²) in [6.45, 7) is -0.529. The average molecular weight is 401 g/mol. The molecular formula is C19H16FN3O6. The number of non-ortho nitro benzene ring substituents is 1. The van der Waals surface area contributed by atoms with E-state index in [1.807, 2.05) is 0 Å². The van der Waals surface area contributed by atoms with Gasteiger partial charge in [0.1, 0.15) is 5.82 Å². The fourth-order valence-electron chi connectivity index (χ4n) is 2.88. The number of anilines is 2. The summed E-state index contributed by atoms with van der Waals surface area (Å²) >= 11 is 0. The van der Waals surface area contributed by atoms with Gasteiger partial charge in [0.25, 0.3) is 11.6 Å². The fraction of sp³-hybridized carbons (Fsp3) is 0.211. The molecule has 1 aliphatic heterocycles. The predicted molar refractivity (Wildman–Crippen MR) is 99.5 cm³/mol. The van der Waals surface area contributed by atoms with Crippen LogP contribution in [0.15, 0.2) is 48.5 Å². The summed E-state index contributed by atoms with van der Waals surface area (Å²) < 4.78 is 18.0. The molecule has 2 aromatic carbocycles. The second kappa shape index (κ2) is 8.46. The van der Waals surface area contributed by atoms with Crippen LogP contribution >= 0.6 is 0 Å². The first kappa shape index (κ1) is 19.9. The molecular weight excluding hydrogens is 385 g/mol. The molecule has 0 aliphatic carbocycles. The Morgan fingerprint density at radius 2 is 1.97 bits per heavy atom. The number of ether oxygens (including phenoxy) is 1. The van der Waals surface area contributed by atoms with Crippen LogP contribution in [0.25, 0.3) is 0 Å². The van der Waals surface area contributed by atoms with Gasteiger partial charge in [0.2, 0.25) is 5.91 Å². The van der Waals surface area contributed by atoms with E-state index < -0.39 is 35.1 Å². The van der Waals surface area contributed by atoms with Crippen molar-refractivity contribution in [1.29, 1.82) is 0 Å². The first-order valence-corrected chi connectivity index (χ1v) is 8.60. The van der Waals surface area contributed by atoms with Gasteiger partial charge >= 0.3 is 5.97 Å². The zero-order valence-electron chi connectivity index (χ0n) is 15.0. The summed E-state index contributed by atoms with van der Waals surface area (Å²) in [7, 11) is 0. The van der Waals surface area contributed by atoms with Crippen LogP contribution in [0, 0.1) is 21.8 Å². The third-order valence-electron chi connectivity index (χ3n) is 4.28.